The van der Waals surface area contributed by atoms with Crippen molar-refractivity contribution in [2.24, 2.45) is 0 Å². The summed E-state index contributed by atoms with van der Waals surface area (Å²) < 4.78 is 0. The third-order valence-electron chi connectivity index (χ3n) is 4.59. The highest BCUT2D eigenvalue weighted by molar-refractivity contribution is 6.04. The number of hydrogen-bond acceptors (Lipinski definition) is 3. The lowest BCUT2D eigenvalue weighted by atomic mass is 9.98. The zero-order chi connectivity index (χ0) is 19.1. The summed E-state index contributed by atoms with van der Waals surface area (Å²) in [5.41, 5.74) is 2.43. The predicted molar refractivity (Wildman–Crippen MR) is 106 cm³/mol. The Labute approximate surface area is 158 Å². The standard InChI is InChI=1S/C21H24N4O2/c1-15(16-7-3-2-4-8-16)11-13-22-19(26)12-14-23-21(27)20-17-9-5-6-10-18(17)24-25-20/h2-10,15H,11-14H2,1H3,(H,22,26)(H,23,27)(H,24,25). The molecule has 2 aromatic carbocycles. The Morgan fingerprint density at radius 2 is 1.74 bits per heavy atom. The summed E-state index contributed by atoms with van der Waals surface area (Å²) in [5, 5.41) is 13.3. The van der Waals surface area contributed by atoms with Crippen molar-refractivity contribution >= 4 is 22.7 Å². The Bertz CT molecular complexity index is 905. The van der Waals surface area contributed by atoms with Gasteiger partial charge in [-0.2, -0.15) is 5.10 Å². The molecule has 1 aromatic heterocycles. The van der Waals surface area contributed by atoms with Crippen LogP contribution in [-0.4, -0.2) is 35.1 Å². The van der Waals surface area contributed by atoms with E-state index in [9.17, 15) is 9.59 Å². The number of fused-ring (bicyclic) bond motifs is 1. The lowest BCUT2D eigenvalue weighted by molar-refractivity contribution is -0.120. The largest absolute Gasteiger partial charge is 0.356 e. The summed E-state index contributed by atoms with van der Waals surface area (Å²) in [7, 11) is 0. The number of para-hydroxylation sites is 1. The molecule has 27 heavy (non-hydrogen) atoms. The molecule has 6 nitrogen and oxygen atoms in total. The van der Waals surface area contributed by atoms with E-state index < -0.39 is 0 Å². The summed E-state index contributed by atoms with van der Waals surface area (Å²) in [6, 6.07) is 17.7. The third kappa shape index (κ3) is 4.94. The first-order valence-corrected chi connectivity index (χ1v) is 9.18. The minimum Gasteiger partial charge on any atom is -0.356 e. The number of hydrogen-bond donors (Lipinski definition) is 3. The summed E-state index contributed by atoms with van der Waals surface area (Å²) >= 11 is 0. The van der Waals surface area contributed by atoms with E-state index in [1.807, 2.05) is 42.5 Å². The lowest BCUT2D eigenvalue weighted by Crippen LogP contribution is -2.31. The fourth-order valence-electron chi connectivity index (χ4n) is 2.97. The number of rotatable bonds is 8. The number of H-pyrrole nitrogens is 1. The van der Waals surface area contributed by atoms with E-state index in [0.717, 1.165) is 17.3 Å². The molecule has 0 radical (unpaired) electrons. The van der Waals surface area contributed by atoms with Crippen LogP contribution in [0.1, 0.15) is 41.7 Å². The van der Waals surface area contributed by atoms with Crippen molar-refractivity contribution in [3.05, 3.63) is 65.9 Å². The summed E-state index contributed by atoms with van der Waals surface area (Å²) in [6.45, 7) is 3.04. The molecule has 0 saturated carbocycles. The van der Waals surface area contributed by atoms with Crippen LogP contribution >= 0.6 is 0 Å². The molecule has 0 spiro atoms. The molecule has 3 N–H and O–H groups in total. The Kier molecular flexibility index (Phi) is 6.20. The number of nitrogens with zero attached hydrogens (tertiary/aromatic N) is 1. The van der Waals surface area contributed by atoms with Gasteiger partial charge in [0.2, 0.25) is 5.91 Å². The Balaban J connectivity index is 1.37. The second kappa shape index (κ2) is 8.98. The van der Waals surface area contributed by atoms with E-state index in [1.165, 1.54) is 5.56 Å². The highest BCUT2D eigenvalue weighted by Gasteiger charge is 2.13. The maximum atomic E-state index is 12.2. The number of benzene rings is 2. The third-order valence-corrected chi connectivity index (χ3v) is 4.59. The Hall–Kier alpha value is -3.15. The molecule has 0 bridgehead atoms. The molecule has 0 aliphatic rings. The van der Waals surface area contributed by atoms with E-state index >= 15 is 0 Å². The number of amides is 2. The molecule has 3 rings (SSSR count). The zero-order valence-corrected chi connectivity index (χ0v) is 15.4. The van der Waals surface area contributed by atoms with E-state index in [-0.39, 0.29) is 24.8 Å². The molecule has 3 aromatic rings. The first-order valence-electron chi connectivity index (χ1n) is 9.18. The SMILES string of the molecule is CC(CCNC(=O)CCNC(=O)c1n[nH]c2ccccc12)c1ccccc1. The van der Waals surface area contributed by atoms with E-state index in [0.29, 0.717) is 18.2 Å². The molecule has 6 heteroatoms. The van der Waals surface area contributed by atoms with Crippen LogP contribution in [0.5, 0.6) is 0 Å². The van der Waals surface area contributed by atoms with Crippen molar-refractivity contribution in [2.75, 3.05) is 13.1 Å². The second-order valence-corrected chi connectivity index (χ2v) is 6.57. The average molecular weight is 364 g/mol. The number of carbonyl (C=O) groups is 2. The molecule has 1 unspecified atom stereocenters. The average Bonchev–Trinajstić information content (AvgIpc) is 3.13. The lowest BCUT2D eigenvalue weighted by Gasteiger charge is -2.12. The summed E-state index contributed by atoms with van der Waals surface area (Å²) in [5.74, 6) is 0.0412. The van der Waals surface area contributed by atoms with Crippen molar-refractivity contribution in [2.45, 2.75) is 25.7 Å². The maximum Gasteiger partial charge on any atom is 0.272 e. The van der Waals surface area contributed by atoms with Crippen LogP contribution in [0.2, 0.25) is 0 Å². The smallest absolute Gasteiger partial charge is 0.272 e. The van der Waals surface area contributed by atoms with Gasteiger partial charge in [0.15, 0.2) is 5.69 Å². The monoisotopic (exact) mass is 364 g/mol. The molecule has 1 heterocycles. The fourth-order valence-corrected chi connectivity index (χ4v) is 2.97. The molecule has 0 aliphatic carbocycles. The van der Waals surface area contributed by atoms with Gasteiger partial charge in [-0.05, 0) is 24.0 Å². The van der Waals surface area contributed by atoms with Crippen LogP contribution < -0.4 is 10.6 Å². The van der Waals surface area contributed by atoms with Crippen molar-refractivity contribution in [1.82, 2.24) is 20.8 Å². The van der Waals surface area contributed by atoms with Gasteiger partial charge in [-0.1, -0.05) is 55.5 Å². The van der Waals surface area contributed by atoms with Gasteiger partial charge in [-0.15, -0.1) is 0 Å². The van der Waals surface area contributed by atoms with E-state index in [4.69, 9.17) is 0 Å². The molecule has 0 saturated heterocycles. The second-order valence-electron chi connectivity index (χ2n) is 6.57. The Morgan fingerprint density at radius 3 is 2.56 bits per heavy atom. The normalized spacial score (nSPS) is 11.9. The number of carbonyl (C=O) groups excluding carboxylic acids is 2. The first kappa shape index (κ1) is 18.6. The van der Waals surface area contributed by atoms with E-state index in [1.54, 1.807) is 0 Å². The predicted octanol–water partition coefficient (Wildman–Crippen LogP) is 2.99. The quantitative estimate of drug-likeness (QED) is 0.574. The van der Waals surface area contributed by atoms with Crippen molar-refractivity contribution in [3.8, 4) is 0 Å². The van der Waals surface area contributed by atoms with Gasteiger partial charge < -0.3 is 10.6 Å². The van der Waals surface area contributed by atoms with Gasteiger partial charge in [0, 0.05) is 24.9 Å². The molecule has 0 fully saturated rings. The summed E-state index contributed by atoms with van der Waals surface area (Å²) in [6.07, 6.45) is 1.12. The van der Waals surface area contributed by atoms with Crippen LogP contribution in [-0.2, 0) is 4.79 Å². The molecule has 140 valence electrons. The van der Waals surface area contributed by atoms with Gasteiger partial charge >= 0.3 is 0 Å². The fraction of sp³-hybridized carbons (Fsp3) is 0.286. The maximum absolute atomic E-state index is 12.2. The highest BCUT2D eigenvalue weighted by Crippen LogP contribution is 2.17. The van der Waals surface area contributed by atoms with E-state index in [2.05, 4.69) is 39.9 Å². The van der Waals surface area contributed by atoms with Crippen LogP contribution in [0.25, 0.3) is 10.9 Å². The van der Waals surface area contributed by atoms with Crippen LogP contribution in [0, 0.1) is 0 Å². The molecule has 1 atom stereocenters. The summed E-state index contributed by atoms with van der Waals surface area (Å²) in [4.78, 5) is 24.2. The molecular formula is C21H24N4O2. The van der Waals surface area contributed by atoms with Crippen molar-refractivity contribution in [1.29, 1.82) is 0 Å². The molecule has 2 amide bonds. The van der Waals surface area contributed by atoms with Gasteiger partial charge in [0.05, 0.1) is 5.52 Å². The van der Waals surface area contributed by atoms with Crippen LogP contribution in [0.3, 0.4) is 0 Å². The molecular weight excluding hydrogens is 340 g/mol. The highest BCUT2D eigenvalue weighted by atomic mass is 16.2. The minimum atomic E-state index is -0.280. The van der Waals surface area contributed by atoms with Crippen LogP contribution in [0.4, 0.5) is 0 Å². The number of aromatic nitrogens is 2. The van der Waals surface area contributed by atoms with Crippen molar-refractivity contribution in [3.63, 3.8) is 0 Å². The molecule has 0 aliphatic heterocycles. The van der Waals surface area contributed by atoms with Crippen LogP contribution in [0.15, 0.2) is 54.6 Å². The van der Waals surface area contributed by atoms with Gasteiger partial charge in [0.25, 0.3) is 5.91 Å². The first-order chi connectivity index (χ1) is 13.1. The minimum absolute atomic E-state index is 0.0672. The van der Waals surface area contributed by atoms with Gasteiger partial charge in [-0.3, -0.25) is 14.7 Å². The number of aromatic amines is 1. The van der Waals surface area contributed by atoms with Gasteiger partial charge in [0.1, 0.15) is 0 Å². The topological polar surface area (TPSA) is 86.9 Å². The zero-order valence-electron chi connectivity index (χ0n) is 15.4. The van der Waals surface area contributed by atoms with Crippen molar-refractivity contribution < 1.29 is 9.59 Å². The number of nitrogens with one attached hydrogen (secondary N) is 3. The Morgan fingerprint density at radius 1 is 1.00 bits per heavy atom. The van der Waals surface area contributed by atoms with Gasteiger partial charge in [-0.25, -0.2) is 0 Å².